The molecule has 1 heterocycles. The summed E-state index contributed by atoms with van der Waals surface area (Å²) in [5, 5.41) is 0. The third-order valence-electron chi connectivity index (χ3n) is 3.73. The van der Waals surface area contributed by atoms with Gasteiger partial charge in [0, 0.05) is 12.1 Å². The van der Waals surface area contributed by atoms with Crippen LogP contribution in [0.5, 0.6) is 5.75 Å². The van der Waals surface area contributed by atoms with E-state index in [1.54, 1.807) is 6.07 Å². The number of carbonyl (C=O) groups is 1. The van der Waals surface area contributed by atoms with E-state index in [4.69, 9.17) is 4.74 Å². The molecule has 0 aliphatic carbocycles. The fourth-order valence-electron chi connectivity index (χ4n) is 2.91. The monoisotopic (exact) mass is 281 g/mol. The van der Waals surface area contributed by atoms with Gasteiger partial charge >= 0.3 is 0 Å². The molecule has 0 fully saturated rings. The number of nitrogens with zero attached hydrogens (tertiary/aromatic N) is 1. The molecule has 0 spiro atoms. The van der Waals surface area contributed by atoms with Crippen molar-refractivity contribution in [2.75, 3.05) is 18.1 Å². The van der Waals surface area contributed by atoms with Gasteiger partial charge in [-0.2, -0.15) is 0 Å². The summed E-state index contributed by atoms with van der Waals surface area (Å²) in [6.45, 7) is 6.59. The van der Waals surface area contributed by atoms with E-state index in [-0.39, 0.29) is 0 Å². The second kappa shape index (κ2) is 5.60. The minimum Gasteiger partial charge on any atom is -0.490 e. The molecule has 0 atom stereocenters. The fraction of sp³-hybridized carbons (Fsp3) is 0.278. The molecule has 1 aliphatic rings. The second-order valence-electron chi connectivity index (χ2n) is 5.61. The summed E-state index contributed by atoms with van der Waals surface area (Å²) in [6, 6.07) is 12.2. The molecule has 2 aromatic carbocycles. The summed E-state index contributed by atoms with van der Waals surface area (Å²) in [4.78, 5) is 13.3. The lowest BCUT2D eigenvalue weighted by atomic mass is 10.1. The molecule has 0 N–H and O–H groups in total. The Balaban J connectivity index is 1.92. The molecular formula is C18H19NO2. The Kier molecular flexibility index (Phi) is 3.65. The van der Waals surface area contributed by atoms with E-state index in [9.17, 15) is 4.79 Å². The first-order chi connectivity index (χ1) is 10.2. The first-order valence-electron chi connectivity index (χ1n) is 7.20. The van der Waals surface area contributed by atoms with Crippen molar-refractivity contribution in [3.05, 3.63) is 58.7 Å². The molecule has 0 saturated heterocycles. The van der Waals surface area contributed by atoms with E-state index < -0.39 is 0 Å². The largest absolute Gasteiger partial charge is 0.490 e. The van der Waals surface area contributed by atoms with Crippen LogP contribution in [-0.4, -0.2) is 19.4 Å². The van der Waals surface area contributed by atoms with E-state index in [1.807, 2.05) is 12.1 Å². The van der Waals surface area contributed by atoms with Crippen LogP contribution < -0.4 is 9.64 Å². The van der Waals surface area contributed by atoms with Crippen molar-refractivity contribution >= 4 is 12.0 Å². The topological polar surface area (TPSA) is 29.5 Å². The lowest BCUT2D eigenvalue weighted by molar-refractivity contribution is 0.112. The van der Waals surface area contributed by atoms with Crippen molar-refractivity contribution in [2.24, 2.45) is 0 Å². The molecule has 0 unspecified atom stereocenters. The highest BCUT2D eigenvalue weighted by Gasteiger charge is 2.18. The Morgan fingerprint density at radius 2 is 1.90 bits per heavy atom. The molecule has 0 amide bonds. The smallest absolute Gasteiger partial charge is 0.150 e. The van der Waals surface area contributed by atoms with Crippen LogP contribution >= 0.6 is 0 Å². The third-order valence-corrected chi connectivity index (χ3v) is 3.73. The molecule has 3 rings (SSSR count). The molecule has 21 heavy (non-hydrogen) atoms. The summed E-state index contributed by atoms with van der Waals surface area (Å²) < 4.78 is 5.68. The average Bonchev–Trinajstić information content (AvgIpc) is 2.46. The van der Waals surface area contributed by atoms with Crippen molar-refractivity contribution in [1.82, 2.24) is 0 Å². The predicted molar refractivity (Wildman–Crippen MR) is 84.3 cm³/mol. The molecule has 1 aliphatic heterocycles. The first-order valence-corrected chi connectivity index (χ1v) is 7.20. The Labute approximate surface area is 125 Å². The standard InChI is InChI=1S/C18H19NO2/c1-13-7-14(2)9-16(8-13)11-19-5-6-21-18-4-3-15(12-20)10-17(18)19/h3-4,7-10,12H,5-6,11H2,1-2H3. The van der Waals surface area contributed by atoms with E-state index in [2.05, 4.69) is 36.9 Å². The number of carbonyl (C=O) groups excluding carboxylic acids is 1. The van der Waals surface area contributed by atoms with Crippen LogP contribution in [0.3, 0.4) is 0 Å². The number of hydrogen-bond acceptors (Lipinski definition) is 3. The maximum atomic E-state index is 11.0. The van der Waals surface area contributed by atoms with Gasteiger partial charge in [-0.3, -0.25) is 4.79 Å². The van der Waals surface area contributed by atoms with E-state index in [1.165, 1.54) is 16.7 Å². The van der Waals surface area contributed by atoms with Gasteiger partial charge in [-0.05, 0) is 37.6 Å². The predicted octanol–water partition coefficient (Wildman–Crippen LogP) is 3.51. The molecule has 0 saturated carbocycles. The third kappa shape index (κ3) is 2.92. The molecule has 0 bridgehead atoms. The van der Waals surface area contributed by atoms with Gasteiger partial charge in [0.25, 0.3) is 0 Å². The summed E-state index contributed by atoms with van der Waals surface area (Å²) in [5.74, 6) is 0.858. The Bertz CT molecular complexity index is 659. The minimum absolute atomic E-state index is 0.679. The molecular weight excluding hydrogens is 262 g/mol. The zero-order chi connectivity index (χ0) is 14.8. The molecule has 108 valence electrons. The van der Waals surface area contributed by atoms with Crippen molar-refractivity contribution in [2.45, 2.75) is 20.4 Å². The SMILES string of the molecule is Cc1cc(C)cc(CN2CCOc3ccc(C=O)cc32)c1. The lowest BCUT2D eigenvalue weighted by Gasteiger charge is -2.31. The first kappa shape index (κ1) is 13.7. The van der Waals surface area contributed by atoms with Crippen LogP contribution in [0.2, 0.25) is 0 Å². The second-order valence-corrected chi connectivity index (χ2v) is 5.61. The number of anilines is 1. The minimum atomic E-state index is 0.679. The van der Waals surface area contributed by atoms with Gasteiger partial charge in [-0.25, -0.2) is 0 Å². The normalized spacial score (nSPS) is 13.5. The highest BCUT2D eigenvalue weighted by Crippen LogP contribution is 2.33. The fourth-order valence-corrected chi connectivity index (χ4v) is 2.91. The quantitative estimate of drug-likeness (QED) is 0.806. The zero-order valence-electron chi connectivity index (χ0n) is 12.4. The van der Waals surface area contributed by atoms with Gasteiger partial charge in [-0.15, -0.1) is 0 Å². The number of benzene rings is 2. The van der Waals surface area contributed by atoms with Crippen molar-refractivity contribution < 1.29 is 9.53 Å². The maximum absolute atomic E-state index is 11.0. The number of fused-ring (bicyclic) bond motifs is 1. The lowest BCUT2D eigenvalue weighted by Crippen LogP contribution is -2.32. The van der Waals surface area contributed by atoms with Crippen LogP contribution in [0, 0.1) is 13.8 Å². The number of ether oxygens (including phenoxy) is 1. The summed E-state index contributed by atoms with van der Waals surface area (Å²) in [7, 11) is 0. The van der Waals surface area contributed by atoms with Gasteiger partial charge in [0.15, 0.2) is 0 Å². The highest BCUT2D eigenvalue weighted by atomic mass is 16.5. The van der Waals surface area contributed by atoms with Crippen LogP contribution in [0.15, 0.2) is 36.4 Å². The Hall–Kier alpha value is -2.29. The Morgan fingerprint density at radius 3 is 2.62 bits per heavy atom. The van der Waals surface area contributed by atoms with Gasteiger partial charge in [0.2, 0.25) is 0 Å². The van der Waals surface area contributed by atoms with Crippen LogP contribution in [0.1, 0.15) is 27.0 Å². The van der Waals surface area contributed by atoms with Gasteiger partial charge < -0.3 is 9.64 Å². The van der Waals surface area contributed by atoms with Crippen LogP contribution in [0.4, 0.5) is 5.69 Å². The van der Waals surface area contributed by atoms with Crippen molar-refractivity contribution in [3.8, 4) is 5.75 Å². The summed E-state index contributed by atoms with van der Waals surface area (Å²) >= 11 is 0. The van der Waals surface area contributed by atoms with Gasteiger partial charge in [0.05, 0.1) is 12.2 Å². The zero-order valence-corrected chi connectivity index (χ0v) is 12.4. The number of aryl methyl sites for hydroxylation is 2. The summed E-state index contributed by atoms with van der Waals surface area (Å²) in [6.07, 6.45) is 0.879. The average molecular weight is 281 g/mol. The molecule has 0 aromatic heterocycles. The molecule has 2 aromatic rings. The van der Waals surface area contributed by atoms with E-state index in [0.29, 0.717) is 12.2 Å². The molecule has 3 heteroatoms. The van der Waals surface area contributed by atoms with Crippen LogP contribution in [-0.2, 0) is 6.54 Å². The number of hydrogen-bond donors (Lipinski definition) is 0. The van der Waals surface area contributed by atoms with E-state index >= 15 is 0 Å². The van der Waals surface area contributed by atoms with Crippen LogP contribution in [0.25, 0.3) is 0 Å². The van der Waals surface area contributed by atoms with E-state index in [0.717, 1.165) is 30.8 Å². The number of rotatable bonds is 3. The molecule has 0 radical (unpaired) electrons. The summed E-state index contributed by atoms with van der Waals surface area (Å²) in [5.41, 5.74) is 5.53. The van der Waals surface area contributed by atoms with Gasteiger partial charge in [0.1, 0.15) is 18.6 Å². The van der Waals surface area contributed by atoms with Crippen molar-refractivity contribution in [3.63, 3.8) is 0 Å². The van der Waals surface area contributed by atoms with Crippen molar-refractivity contribution in [1.29, 1.82) is 0 Å². The van der Waals surface area contributed by atoms with Gasteiger partial charge in [-0.1, -0.05) is 29.3 Å². The number of aldehydes is 1. The Morgan fingerprint density at radius 1 is 1.14 bits per heavy atom. The molecule has 3 nitrogen and oxygen atoms in total. The highest BCUT2D eigenvalue weighted by molar-refractivity contribution is 5.79. The maximum Gasteiger partial charge on any atom is 0.150 e.